The van der Waals surface area contributed by atoms with Gasteiger partial charge in [-0.25, -0.2) is 4.57 Å². The van der Waals surface area contributed by atoms with Crippen LogP contribution in [0.5, 0.6) is 0 Å². The van der Waals surface area contributed by atoms with Crippen LogP contribution in [-0.4, -0.2) is 20.8 Å². The van der Waals surface area contributed by atoms with Crippen LogP contribution in [0.2, 0.25) is 0 Å². The molecule has 1 atom stereocenters. The summed E-state index contributed by atoms with van der Waals surface area (Å²) in [6, 6.07) is 0. The summed E-state index contributed by atoms with van der Waals surface area (Å²) in [6.07, 6.45) is 2.14. The maximum absolute atomic E-state index is 11.4. The Kier molecular flexibility index (Phi) is 6.60. The quantitative estimate of drug-likeness (QED) is 0.606. The zero-order chi connectivity index (χ0) is 10.3. The summed E-state index contributed by atoms with van der Waals surface area (Å²) in [6.45, 7) is 4.55. The smallest absolute Gasteiger partial charge is 0.290 e. The van der Waals surface area contributed by atoms with Crippen molar-refractivity contribution in [3.8, 4) is 0 Å². The van der Waals surface area contributed by atoms with Gasteiger partial charge in [-0.2, -0.15) is 0 Å². The van der Waals surface area contributed by atoms with Gasteiger partial charge >= 0.3 is 7.82 Å². The summed E-state index contributed by atoms with van der Waals surface area (Å²) in [5, 5.41) is 0. The maximum atomic E-state index is 11.4. The molecule has 0 saturated heterocycles. The van der Waals surface area contributed by atoms with Crippen LogP contribution >= 0.6 is 7.82 Å². The highest BCUT2D eigenvalue weighted by atomic mass is 31.2. The van der Waals surface area contributed by atoms with Gasteiger partial charge in [0.1, 0.15) is 0 Å². The molecule has 0 aromatic carbocycles. The molecule has 0 amide bonds. The molecule has 0 bridgehead atoms. The highest BCUT2D eigenvalue weighted by molar-refractivity contribution is 7.48. The van der Waals surface area contributed by atoms with Crippen molar-refractivity contribution >= 4 is 7.82 Å². The molecule has 0 aliphatic rings. The molecule has 0 aromatic rings. The van der Waals surface area contributed by atoms with E-state index in [2.05, 4.69) is 16.0 Å². The van der Waals surface area contributed by atoms with Crippen LogP contribution in [0, 0.1) is 5.92 Å². The van der Waals surface area contributed by atoms with Gasteiger partial charge in [0.05, 0.1) is 6.61 Å². The fourth-order valence-electron chi connectivity index (χ4n) is 0.975. The maximum Gasteiger partial charge on any atom is 0.474 e. The van der Waals surface area contributed by atoms with Gasteiger partial charge in [-0.1, -0.05) is 20.3 Å². The summed E-state index contributed by atoms with van der Waals surface area (Å²) in [4.78, 5) is 0. The largest absolute Gasteiger partial charge is 0.474 e. The fourth-order valence-corrected chi connectivity index (χ4v) is 1.77. The molecule has 0 saturated carbocycles. The minimum absolute atomic E-state index is 0.378. The van der Waals surface area contributed by atoms with E-state index in [9.17, 15) is 4.57 Å². The lowest BCUT2D eigenvalue weighted by Gasteiger charge is -2.16. The Bertz CT molecular complexity index is 164. The van der Waals surface area contributed by atoms with E-state index >= 15 is 0 Å². The molecule has 0 heterocycles. The van der Waals surface area contributed by atoms with Crippen molar-refractivity contribution in [2.24, 2.45) is 5.92 Å². The van der Waals surface area contributed by atoms with E-state index in [1.807, 2.05) is 6.92 Å². The minimum Gasteiger partial charge on any atom is -0.290 e. The molecule has 0 N–H and O–H groups in total. The van der Waals surface area contributed by atoms with Crippen molar-refractivity contribution in [2.45, 2.75) is 26.7 Å². The Morgan fingerprint density at radius 1 is 1.31 bits per heavy atom. The first-order valence-electron chi connectivity index (χ1n) is 4.44. The third-order valence-corrected chi connectivity index (χ3v) is 3.11. The Morgan fingerprint density at radius 2 is 1.85 bits per heavy atom. The van der Waals surface area contributed by atoms with Gasteiger partial charge in [-0.15, -0.1) is 0 Å². The molecule has 5 heteroatoms. The number of phosphoric ester groups is 1. The summed E-state index contributed by atoms with van der Waals surface area (Å²) in [5.41, 5.74) is 0. The number of phosphoric acid groups is 1. The number of rotatable bonds is 7. The predicted molar refractivity (Wildman–Crippen MR) is 51.6 cm³/mol. The highest BCUT2D eigenvalue weighted by Gasteiger charge is 2.23. The van der Waals surface area contributed by atoms with Gasteiger partial charge in [0, 0.05) is 14.2 Å². The molecule has 0 aliphatic heterocycles. The monoisotopic (exact) mass is 210 g/mol. The zero-order valence-corrected chi connectivity index (χ0v) is 9.67. The van der Waals surface area contributed by atoms with Crippen molar-refractivity contribution < 1.29 is 18.1 Å². The van der Waals surface area contributed by atoms with E-state index in [4.69, 9.17) is 4.52 Å². The van der Waals surface area contributed by atoms with Crippen molar-refractivity contribution in [1.29, 1.82) is 0 Å². The first-order valence-corrected chi connectivity index (χ1v) is 5.90. The molecule has 1 unspecified atom stereocenters. The van der Waals surface area contributed by atoms with Crippen LogP contribution in [0.15, 0.2) is 0 Å². The van der Waals surface area contributed by atoms with Crippen LogP contribution in [0.25, 0.3) is 0 Å². The zero-order valence-electron chi connectivity index (χ0n) is 8.78. The van der Waals surface area contributed by atoms with Gasteiger partial charge < -0.3 is 0 Å². The normalized spacial score (nSPS) is 14.5. The van der Waals surface area contributed by atoms with Crippen molar-refractivity contribution in [1.82, 2.24) is 0 Å². The molecule has 0 aromatic heterocycles. The Hall–Kier alpha value is 0.110. The van der Waals surface area contributed by atoms with Gasteiger partial charge in [0.15, 0.2) is 0 Å². The second-order valence-corrected chi connectivity index (χ2v) is 4.88. The third-order valence-electron chi connectivity index (χ3n) is 1.75. The molecular weight excluding hydrogens is 191 g/mol. The summed E-state index contributed by atoms with van der Waals surface area (Å²) >= 11 is 0. The second-order valence-electron chi connectivity index (χ2n) is 3.00. The molecule has 4 nitrogen and oxygen atoms in total. The van der Waals surface area contributed by atoms with E-state index in [1.165, 1.54) is 14.2 Å². The fraction of sp³-hybridized carbons (Fsp3) is 1.00. The topological polar surface area (TPSA) is 44.8 Å². The van der Waals surface area contributed by atoms with Gasteiger partial charge in [-0.3, -0.25) is 13.6 Å². The van der Waals surface area contributed by atoms with Gasteiger partial charge in [0.2, 0.25) is 0 Å². The molecule has 13 heavy (non-hydrogen) atoms. The second kappa shape index (κ2) is 6.55. The summed E-state index contributed by atoms with van der Waals surface area (Å²) in [7, 11) is -0.630. The molecular formula is C8H19O4P. The Balaban J connectivity index is 3.78. The lowest BCUT2D eigenvalue weighted by molar-refractivity contribution is 0.134. The number of hydrogen-bond acceptors (Lipinski definition) is 4. The average molecular weight is 210 g/mol. The SMILES string of the molecule is CCCC(C)COP(=O)(OC)OC. The lowest BCUT2D eigenvalue weighted by Crippen LogP contribution is -2.05. The van der Waals surface area contributed by atoms with E-state index < -0.39 is 7.82 Å². The third kappa shape index (κ3) is 5.42. The first-order chi connectivity index (χ1) is 6.08. The van der Waals surface area contributed by atoms with Crippen LogP contribution in [0.1, 0.15) is 26.7 Å². The van der Waals surface area contributed by atoms with E-state index in [0.29, 0.717) is 12.5 Å². The molecule has 0 fully saturated rings. The van der Waals surface area contributed by atoms with Crippen LogP contribution < -0.4 is 0 Å². The minimum atomic E-state index is -3.26. The van der Waals surface area contributed by atoms with E-state index in [-0.39, 0.29) is 0 Å². The molecule has 0 rings (SSSR count). The predicted octanol–water partition coefficient (Wildman–Crippen LogP) is 2.84. The summed E-state index contributed by atoms with van der Waals surface area (Å²) in [5.74, 6) is 0.378. The highest BCUT2D eigenvalue weighted by Crippen LogP contribution is 2.47. The molecule has 80 valence electrons. The average Bonchev–Trinajstić information content (AvgIpc) is 2.15. The number of hydrogen-bond donors (Lipinski definition) is 0. The van der Waals surface area contributed by atoms with Gasteiger partial charge in [0.25, 0.3) is 0 Å². The molecule has 0 aliphatic carbocycles. The Morgan fingerprint density at radius 3 is 2.23 bits per heavy atom. The van der Waals surface area contributed by atoms with Crippen LogP contribution in [0.4, 0.5) is 0 Å². The molecule has 0 spiro atoms. The van der Waals surface area contributed by atoms with Crippen molar-refractivity contribution in [3.63, 3.8) is 0 Å². The lowest BCUT2D eigenvalue weighted by atomic mass is 10.1. The van der Waals surface area contributed by atoms with Crippen molar-refractivity contribution in [3.05, 3.63) is 0 Å². The van der Waals surface area contributed by atoms with E-state index in [0.717, 1.165) is 12.8 Å². The van der Waals surface area contributed by atoms with Crippen LogP contribution in [0.3, 0.4) is 0 Å². The Labute approximate surface area is 80.2 Å². The standard InChI is InChI=1S/C8H19O4P/c1-5-6-8(2)7-12-13(9,10-3)11-4/h8H,5-7H2,1-4H3. The van der Waals surface area contributed by atoms with Gasteiger partial charge in [-0.05, 0) is 12.3 Å². The van der Waals surface area contributed by atoms with Crippen LogP contribution in [-0.2, 0) is 18.1 Å². The molecule has 0 radical (unpaired) electrons. The first kappa shape index (κ1) is 13.1. The van der Waals surface area contributed by atoms with Crippen molar-refractivity contribution in [2.75, 3.05) is 20.8 Å². The van der Waals surface area contributed by atoms with E-state index in [1.54, 1.807) is 0 Å². The summed E-state index contributed by atoms with van der Waals surface area (Å²) < 4.78 is 25.7.